The van der Waals surface area contributed by atoms with Crippen LogP contribution < -0.4 is 26.3 Å². The molecule has 0 fully saturated rings. The van der Waals surface area contributed by atoms with E-state index in [1.54, 1.807) is 0 Å². The first kappa shape index (κ1) is 20.0. The van der Waals surface area contributed by atoms with Crippen LogP contribution in [0.2, 0.25) is 0 Å². The number of carbonyl (C=O) groups excluding carboxylic acids is 1. The number of fused-ring (bicyclic) bond motifs is 1. The lowest BCUT2D eigenvalue weighted by atomic mass is 9.95. The monoisotopic (exact) mass is 404 g/mol. The van der Waals surface area contributed by atoms with E-state index in [-0.39, 0.29) is 35.5 Å². The van der Waals surface area contributed by atoms with Crippen LogP contribution in [0.1, 0.15) is 31.9 Å². The van der Waals surface area contributed by atoms with Crippen LogP contribution in [-0.2, 0) is 4.79 Å². The second kappa shape index (κ2) is 8.96. The first-order valence-electron chi connectivity index (χ1n) is 9.01. The SMILES string of the molecule is CC(C)[C@@H](NC(=O)CSc1nc(N)nc(N)n1)c1ccc2c(c1)OCCCO2. The van der Waals surface area contributed by atoms with Gasteiger partial charge in [-0.25, -0.2) is 0 Å². The first-order chi connectivity index (χ1) is 13.4. The third-order valence-corrected chi connectivity index (χ3v) is 4.94. The Hall–Kier alpha value is -2.75. The number of thioether (sulfide) groups is 1. The normalized spacial score (nSPS) is 14.4. The predicted octanol–water partition coefficient (Wildman–Crippen LogP) is 1.80. The molecular weight excluding hydrogens is 380 g/mol. The standard InChI is InChI=1S/C18H24N6O3S/c1-10(2)15(11-4-5-12-13(8-11)27-7-3-6-26-12)21-14(25)9-28-18-23-16(19)22-17(20)24-18/h4-5,8,10,15H,3,6-7,9H2,1-2H3,(H,21,25)(H4,19,20,22,23,24)/t15-/m1/s1. The summed E-state index contributed by atoms with van der Waals surface area (Å²) in [6.45, 7) is 5.35. The van der Waals surface area contributed by atoms with Crippen LogP contribution in [0.15, 0.2) is 23.4 Å². The largest absolute Gasteiger partial charge is 0.490 e. The van der Waals surface area contributed by atoms with Gasteiger partial charge in [-0.2, -0.15) is 15.0 Å². The van der Waals surface area contributed by atoms with Crippen molar-refractivity contribution < 1.29 is 14.3 Å². The van der Waals surface area contributed by atoms with Crippen molar-refractivity contribution in [3.05, 3.63) is 23.8 Å². The fraction of sp³-hybridized carbons (Fsp3) is 0.444. The average Bonchev–Trinajstić information content (AvgIpc) is 2.88. The molecule has 1 aromatic heterocycles. The van der Waals surface area contributed by atoms with Gasteiger partial charge in [0.05, 0.1) is 25.0 Å². The number of amides is 1. The third-order valence-electron chi connectivity index (χ3n) is 4.10. The lowest BCUT2D eigenvalue weighted by Crippen LogP contribution is -2.33. The smallest absolute Gasteiger partial charge is 0.230 e. The quantitative estimate of drug-likeness (QED) is 0.615. The van der Waals surface area contributed by atoms with Gasteiger partial charge in [0.1, 0.15) is 0 Å². The number of nitrogens with two attached hydrogens (primary N) is 2. The fourth-order valence-electron chi connectivity index (χ4n) is 2.81. The van der Waals surface area contributed by atoms with Gasteiger partial charge >= 0.3 is 0 Å². The van der Waals surface area contributed by atoms with Crippen molar-refractivity contribution in [1.82, 2.24) is 20.3 Å². The van der Waals surface area contributed by atoms with Crippen LogP contribution in [0.25, 0.3) is 0 Å². The molecule has 0 spiro atoms. The van der Waals surface area contributed by atoms with E-state index >= 15 is 0 Å². The van der Waals surface area contributed by atoms with Crippen LogP contribution >= 0.6 is 11.8 Å². The molecule has 1 atom stereocenters. The Morgan fingerprint density at radius 2 is 1.82 bits per heavy atom. The van der Waals surface area contributed by atoms with Crippen molar-refractivity contribution in [3.63, 3.8) is 0 Å². The van der Waals surface area contributed by atoms with E-state index in [4.69, 9.17) is 20.9 Å². The van der Waals surface area contributed by atoms with Crippen molar-refractivity contribution in [2.75, 3.05) is 30.4 Å². The van der Waals surface area contributed by atoms with E-state index in [9.17, 15) is 4.79 Å². The minimum absolute atomic E-state index is 0.0302. The molecule has 1 aliphatic rings. The van der Waals surface area contributed by atoms with E-state index < -0.39 is 0 Å². The Balaban J connectivity index is 1.67. The Morgan fingerprint density at radius 1 is 1.14 bits per heavy atom. The number of ether oxygens (including phenoxy) is 2. The molecule has 0 saturated heterocycles. The second-order valence-electron chi connectivity index (χ2n) is 6.67. The molecule has 0 aliphatic carbocycles. The molecule has 0 radical (unpaired) electrons. The molecule has 5 N–H and O–H groups in total. The van der Waals surface area contributed by atoms with Crippen LogP contribution in [0.4, 0.5) is 11.9 Å². The molecule has 1 amide bonds. The van der Waals surface area contributed by atoms with Gasteiger partial charge in [-0.15, -0.1) is 0 Å². The van der Waals surface area contributed by atoms with E-state index in [2.05, 4.69) is 34.1 Å². The molecule has 10 heteroatoms. The number of hydrogen-bond donors (Lipinski definition) is 3. The highest BCUT2D eigenvalue weighted by molar-refractivity contribution is 7.99. The lowest BCUT2D eigenvalue weighted by Gasteiger charge is -2.23. The van der Waals surface area contributed by atoms with Gasteiger partial charge < -0.3 is 26.3 Å². The average molecular weight is 404 g/mol. The van der Waals surface area contributed by atoms with Crippen molar-refractivity contribution in [2.45, 2.75) is 31.5 Å². The van der Waals surface area contributed by atoms with Crippen LogP contribution in [0.5, 0.6) is 11.5 Å². The topological polar surface area (TPSA) is 138 Å². The third kappa shape index (κ3) is 5.16. The zero-order chi connectivity index (χ0) is 20.1. The maximum absolute atomic E-state index is 12.5. The summed E-state index contributed by atoms with van der Waals surface area (Å²) in [7, 11) is 0. The minimum Gasteiger partial charge on any atom is -0.490 e. The molecule has 28 heavy (non-hydrogen) atoms. The maximum atomic E-state index is 12.5. The number of nitrogen functional groups attached to an aromatic ring is 2. The molecule has 2 aromatic rings. The van der Waals surface area contributed by atoms with Crippen LogP contribution in [-0.4, -0.2) is 39.8 Å². The van der Waals surface area contributed by atoms with Gasteiger partial charge in [0, 0.05) is 6.42 Å². The van der Waals surface area contributed by atoms with Gasteiger partial charge in [-0.3, -0.25) is 4.79 Å². The molecule has 3 rings (SSSR count). The fourth-order valence-corrected chi connectivity index (χ4v) is 3.47. The summed E-state index contributed by atoms with van der Waals surface area (Å²) in [6, 6.07) is 5.62. The Morgan fingerprint density at radius 3 is 2.50 bits per heavy atom. The molecule has 0 unspecified atom stereocenters. The Kier molecular flexibility index (Phi) is 6.40. The lowest BCUT2D eigenvalue weighted by molar-refractivity contribution is -0.119. The molecule has 1 aliphatic heterocycles. The van der Waals surface area contributed by atoms with E-state index in [1.807, 2.05) is 18.2 Å². The maximum Gasteiger partial charge on any atom is 0.230 e. The second-order valence-corrected chi connectivity index (χ2v) is 7.61. The van der Waals surface area contributed by atoms with E-state index in [0.717, 1.165) is 29.5 Å². The molecule has 0 bridgehead atoms. The van der Waals surface area contributed by atoms with E-state index in [0.29, 0.717) is 24.1 Å². The molecule has 0 saturated carbocycles. The van der Waals surface area contributed by atoms with Gasteiger partial charge in [-0.05, 0) is 23.6 Å². The summed E-state index contributed by atoms with van der Waals surface area (Å²) in [4.78, 5) is 24.1. The van der Waals surface area contributed by atoms with Crippen molar-refractivity contribution >= 4 is 29.6 Å². The van der Waals surface area contributed by atoms with Gasteiger partial charge in [0.15, 0.2) is 16.7 Å². The summed E-state index contributed by atoms with van der Waals surface area (Å²) in [6.07, 6.45) is 0.845. The summed E-state index contributed by atoms with van der Waals surface area (Å²) in [5, 5.41) is 3.38. The molecule has 150 valence electrons. The number of carbonyl (C=O) groups is 1. The zero-order valence-electron chi connectivity index (χ0n) is 15.8. The van der Waals surface area contributed by atoms with Crippen molar-refractivity contribution in [1.29, 1.82) is 0 Å². The number of aromatic nitrogens is 3. The Bertz CT molecular complexity index is 828. The number of rotatable bonds is 6. The van der Waals surface area contributed by atoms with Crippen LogP contribution in [0, 0.1) is 5.92 Å². The minimum atomic E-state index is -0.168. The molecule has 9 nitrogen and oxygen atoms in total. The number of anilines is 2. The van der Waals surface area contributed by atoms with Gasteiger partial charge in [0.2, 0.25) is 17.8 Å². The Labute approximate surface area is 167 Å². The molecule has 2 heterocycles. The van der Waals surface area contributed by atoms with Gasteiger partial charge in [0.25, 0.3) is 0 Å². The highest BCUT2D eigenvalue weighted by atomic mass is 32.2. The number of nitrogens with one attached hydrogen (secondary N) is 1. The summed E-state index contributed by atoms with van der Waals surface area (Å²) in [5.74, 6) is 1.67. The summed E-state index contributed by atoms with van der Waals surface area (Å²) < 4.78 is 11.4. The highest BCUT2D eigenvalue weighted by Gasteiger charge is 2.21. The summed E-state index contributed by atoms with van der Waals surface area (Å²) in [5.41, 5.74) is 12.1. The van der Waals surface area contributed by atoms with Crippen LogP contribution in [0.3, 0.4) is 0 Å². The van der Waals surface area contributed by atoms with Gasteiger partial charge in [-0.1, -0.05) is 31.7 Å². The number of nitrogens with zero attached hydrogens (tertiary/aromatic N) is 3. The zero-order valence-corrected chi connectivity index (χ0v) is 16.7. The van der Waals surface area contributed by atoms with Crippen molar-refractivity contribution in [2.24, 2.45) is 5.92 Å². The predicted molar refractivity (Wildman–Crippen MR) is 107 cm³/mol. The molecule has 1 aromatic carbocycles. The number of hydrogen-bond acceptors (Lipinski definition) is 9. The highest BCUT2D eigenvalue weighted by Crippen LogP contribution is 2.34. The van der Waals surface area contributed by atoms with Crippen molar-refractivity contribution in [3.8, 4) is 11.5 Å². The number of benzene rings is 1. The summed E-state index contributed by atoms with van der Waals surface area (Å²) >= 11 is 1.15. The van der Waals surface area contributed by atoms with E-state index in [1.165, 1.54) is 0 Å². The molecular formula is C18H24N6O3S. The first-order valence-corrected chi connectivity index (χ1v) is 9.99.